The Bertz CT molecular complexity index is 545. The number of carbonyl (C=O) groups is 1. The van der Waals surface area contributed by atoms with Gasteiger partial charge in [0.2, 0.25) is 5.89 Å². The number of hydrogen-bond donors (Lipinski definition) is 1. The first-order chi connectivity index (χ1) is 8.06. The second-order valence-corrected chi connectivity index (χ2v) is 3.59. The highest BCUT2D eigenvalue weighted by atomic mass is 19.1. The lowest BCUT2D eigenvalue weighted by Gasteiger charge is -1.96. The van der Waals surface area contributed by atoms with Crippen LogP contribution in [0, 0.1) is 12.7 Å². The van der Waals surface area contributed by atoms with Crippen molar-refractivity contribution in [3.05, 3.63) is 41.7 Å². The van der Waals surface area contributed by atoms with Gasteiger partial charge >= 0.3 is 5.97 Å². The number of benzene rings is 1. The van der Waals surface area contributed by atoms with Gasteiger partial charge in [0.1, 0.15) is 23.7 Å². The third-order valence-electron chi connectivity index (χ3n) is 2.26. The van der Waals surface area contributed by atoms with E-state index in [9.17, 15) is 9.18 Å². The lowest BCUT2D eigenvalue weighted by Crippen LogP contribution is -1.99. The number of oxazole rings is 1. The van der Waals surface area contributed by atoms with Gasteiger partial charge in [-0.05, 0) is 31.2 Å². The maximum atomic E-state index is 12.8. The van der Waals surface area contributed by atoms with Gasteiger partial charge < -0.3 is 9.52 Å². The van der Waals surface area contributed by atoms with Crippen LogP contribution in [0.4, 0.5) is 4.39 Å². The van der Waals surface area contributed by atoms with Gasteiger partial charge in [-0.3, -0.25) is 4.79 Å². The molecule has 1 aromatic heterocycles. The number of rotatable bonds is 3. The van der Waals surface area contributed by atoms with E-state index in [0.29, 0.717) is 17.0 Å². The predicted octanol–water partition coefficient (Wildman–Crippen LogP) is 2.42. The zero-order valence-corrected chi connectivity index (χ0v) is 9.11. The second-order valence-electron chi connectivity index (χ2n) is 3.59. The summed E-state index contributed by atoms with van der Waals surface area (Å²) in [5.41, 5.74) is 1.24. The number of aromatic nitrogens is 1. The summed E-state index contributed by atoms with van der Waals surface area (Å²) in [6, 6.07) is 5.79. The molecule has 0 spiro atoms. The van der Waals surface area contributed by atoms with E-state index in [1.165, 1.54) is 12.1 Å². The lowest BCUT2D eigenvalue weighted by molar-refractivity contribution is -0.136. The molecule has 0 amide bonds. The molecule has 2 rings (SSSR count). The van der Waals surface area contributed by atoms with Crippen LogP contribution in [-0.2, 0) is 11.2 Å². The summed E-state index contributed by atoms with van der Waals surface area (Å²) in [7, 11) is 0. The third kappa shape index (κ3) is 2.50. The first-order valence-corrected chi connectivity index (χ1v) is 5.00. The fraction of sp³-hybridized carbons (Fsp3) is 0.167. The summed E-state index contributed by atoms with van der Waals surface area (Å²) >= 11 is 0. The highest BCUT2D eigenvalue weighted by molar-refractivity contribution is 5.69. The van der Waals surface area contributed by atoms with Gasteiger partial charge in [0.05, 0.1) is 0 Å². The number of carboxylic acids is 1. The predicted molar refractivity (Wildman–Crippen MR) is 58.0 cm³/mol. The fourth-order valence-corrected chi connectivity index (χ4v) is 1.53. The highest BCUT2D eigenvalue weighted by Gasteiger charge is 2.13. The molecule has 1 N–H and O–H groups in total. The Labute approximate surface area is 96.7 Å². The van der Waals surface area contributed by atoms with E-state index in [-0.39, 0.29) is 18.1 Å². The molecular formula is C12H10FNO3. The monoisotopic (exact) mass is 235 g/mol. The van der Waals surface area contributed by atoms with E-state index >= 15 is 0 Å². The van der Waals surface area contributed by atoms with Gasteiger partial charge in [0, 0.05) is 5.56 Å². The molecule has 5 heteroatoms. The van der Waals surface area contributed by atoms with E-state index in [2.05, 4.69) is 4.98 Å². The summed E-state index contributed by atoms with van der Waals surface area (Å²) in [4.78, 5) is 14.6. The quantitative estimate of drug-likeness (QED) is 0.887. The van der Waals surface area contributed by atoms with Gasteiger partial charge in [-0.1, -0.05) is 0 Å². The van der Waals surface area contributed by atoms with Crippen LogP contribution in [0.1, 0.15) is 11.7 Å². The molecule has 0 aliphatic rings. The molecule has 0 bridgehead atoms. The fourth-order valence-electron chi connectivity index (χ4n) is 1.53. The van der Waals surface area contributed by atoms with E-state index in [4.69, 9.17) is 9.52 Å². The molecule has 2 aromatic rings. The van der Waals surface area contributed by atoms with Crippen molar-refractivity contribution < 1.29 is 18.7 Å². The molecule has 0 saturated heterocycles. The number of nitrogens with zero attached hydrogens (tertiary/aromatic N) is 1. The Kier molecular flexibility index (Phi) is 2.91. The average molecular weight is 235 g/mol. The molecule has 0 atom stereocenters. The van der Waals surface area contributed by atoms with Gasteiger partial charge in [0.15, 0.2) is 0 Å². The molecule has 0 aliphatic carbocycles. The minimum Gasteiger partial charge on any atom is -0.481 e. The first-order valence-electron chi connectivity index (χ1n) is 5.00. The van der Waals surface area contributed by atoms with Crippen molar-refractivity contribution in [2.45, 2.75) is 13.3 Å². The Morgan fingerprint density at radius 2 is 2.06 bits per heavy atom. The third-order valence-corrected chi connectivity index (χ3v) is 2.26. The van der Waals surface area contributed by atoms with Crippen LogP contribution >= 0.6 is 0 Å². The molecule has 1 heterocycles. The molecule has 0 unspecified atom stereocenters. The number of aryl methyl sites for hydroxylation is 1. The molecule has 0 aliphatic heterocycles. The summed E-state index contributed by atoms with van der Waals surface area (Å²) in [5, 5.41) is 8.62. The zero-order valence-electron chi connectivity index (χ0n) is 9.11. The van der Waals surface area contributed by atoms with Crippen LogP contribution in [0.5, 0.6) is 0 Å². The van der Waals surface area contributed by atoms with Crippen LogP contribution in [-0.4, -0.2) is 16.1 Å². The normalized spacial score (nSPS) is 10.5. The standard InChI is InChI=1S/C12H10FNO3/c1-7-12(8-2-4-9(13)5-3-8)14-10(17-7)6-11(15)16/h2-5H,6H2,1H3,(H,15,16). The van der Waals surface area contributed by atoms with E-state index in [1.54, 1.807) is 19.1 Å². The lowest BCUT2D eigenvalue weighted by atomic mass is 10.1. The number of halogens is 1. The molecule has 0 radical (unpaired) electrons. The highest BCUT2D eigenvalue weighted by Crippen LogP contribution is 2.23. The number of aliphatic carboxylic acids is 1. The van der Waals surface area contributed by atoms with Crippen LogP contribution in [0.25, 0.3) is 11.3 Å². The van der Waals surface area contributed by atoms with Crippen LogP contribution in [0.3, 0.4) is 0 Å². The van der Waals surface area contributed by atoms with Crippen LogP contribution in [0.2, 0.25) is 0 Å². The van der Waals surface area contributed by atoms with Crippen molar-refractivity contribution in [2.24, 2.45) is 0 Å². The Morgan fingerprint density at radius 3 is 2.65 bits per heavy atom. The second kappa shape index (κ2) is 4.37. The molecule has 0 fully saturated rings. The van der Waals surface area contributed by atoms with E-state index in [0.717, 1.165) is 0 Å². The summed E-state index contributed by atoms with van der Waals surface area (Å²) in [6.07, 6.45) is -0.262. The Balaban J connectivity index is 2.35. The van der Waals surface area contributed by atoms with Crippen molar-refractivity contribution in [3.8, 4) is 11.3 Å². The Morgan fingerprint density at radius 1 is 1.41 bits per heavy atom. The van der Waals surface area contributed by atoms with Crippen molar-refractivity contribution in [3.63, 3.8) is 0 Å². The van der Waals surface area contributed by atoms with Crippen molar-refractivity contribution in [2.75, 3.05) is 0 Å². The van der Waals surface area contributed by atoms with Gasteiger partial charge in [0.25, 0.3) is 0 Å². The van der Waals surface area contributed by atoms with Crippen molar-refractivity contribution in [1.29, 1.82) is 0 Å². The molecule has 0 saturated carbocycles. The van der Waals surface area contributed by atoms with Crippen molar-refractivity contribution >= 4 is 5.97 Å². The summed E-state index contributed by atoms with van der Waals surface area (Å²) < 4.78 is 18.0. The average Bonchev–Trinajstić information content (AvgIpc) is 2.59. The summed E-state index contributed by atoms with van der Waals surface area (Å²) in [5.74, 6) is -0.667. The first kappa shape index (κ1) is 11.3. The molecule has 88 valence electrons. The SMILES string of the molecule is Cc1oc(CC(=O)O)nc1-c1ccc(F)cc1. The minimum atomic E-state index is -1.00. The smallest absolute Gasteiger partial charge is 0.312 e. The van der Waals surface area contributed by atoms with Crippen LogP contribution in [0.15, 0.2) is 28.7 Å². The maximum absolute atomic E-state index is 12.8. The number of hydrogen-bond acceptors (Lipinski definition) is 3. The zero-order chi connectivity index (χ0) is 12.4. The van der Waals surface area contributed by atoms with Gasteiger partial charge in [-0.25, -0.2) is 9.37 Å². The minimum absolute atomic E-state index is 0.148. The van der Waals surface area contributed by atoms with E-state index in [1.807, 2.05) is 0 Å². The molecule has 17 heavy (non-hydrogen) atoms. The van der Waals surface area contributed by atoms with Gasteiger partial charge in [-0.2, -0.15) is 0 Å². The molecule has 1 aromatic carbocycles. The maximum Gasteiger partial charge on any atom is 0.312 e. The topological polar surface area (TPSA) is 63.3 Å². The van der Waals surface area contributed by atoms with Gasteiger partial charge in [-0.15, -0.1) is 0 Å². The van der Waals surface area contributed by atoms with Crippen molar-refractivity contribution in [1.82, 2.24) is 4.98 Å². The summed E-state index contributed by atoms with van der Waals surface area (Å²) in [6.45, 7) is 1.69. The molecule has 4 nitrogen and oxygen atoms in total. The van der Waals surface area contributed by atoms with Crippen LogP contribution < -0.4 is 0 Å². The number of carboxylic acid groups (broad SMARTS) is 1. The molecular weight excluding hydrogens is 225 g/mol. The Hall–Kier alpha value is -2.17. The van der Waals surface area contributed by atoms with E-state index < -0.39 is 5.97 Å². The largest absolute Gasteiger partial charge is 0.481 e.